The Morgan fingerprint density at radius 3 is 2.50 bits per heavy atom. The molecular weight excluding hydrogens is 234 g/mol. The molecule has 7 heteroatoms. The quantitative estimate of drug-likeness (QED) is 0.617. The second-order valence-corrected chi connectivity index (χ2v) is 3.98. The van der Waals surface area contributed by atoms with Crippen LogP contribution in [0.15, 0.2) is 6.33 Å². The highest BCUT2D eigenvalue weighted by Gasteiger charge is 2.27. The van der Waals surface area contributed by atoms with Crippen molar-refractivity contribution in [3.05, 3.63) is 16.4 Å². The minimum atomic E-state index is -0.444. The minimum absolute atomic E-state index is 0.0746. The maximum absolute atomic E-state index is 11.2. The largest absolute Gasteiger partial charge is 0.367 e. The molecule has 0 amide bonds. The Hall–Kier alpha value is -1.92. The summed E-state index contributed by atoms with van der Waals surface area (Å²) >= 11 is 0. The molecule has 1 heterocycles. The number of nitro groups is 1. The highest BCUT2D eigenvalue weighted by molar-refractivity contribution is 5.70. The monoisotopic (exact) mass is 253 g/mol. The number of hydrogen-bond donors (Lipinski definition) is 1. The number of anilines is 2. The lowest BCUT2D eigenvalue weighted by Crippen LogP contribution is -2.31. The van der Waals surface area contributed by atoms with Crippen molar-refractivity contribution in [2.24, 2.45) is 0 Å². The molecule has 1 aromatic heterocycles. The molecule has 1 aromatic rings. The predicted octanol–water partition coefficient (Wildman–Crippen LogP) is 2.05. The predicted molar refractivity (Wildman–Crippen MR) is 71.0 cm³/mol. The molecule has 18 heavy (non-hydrogen) atoms. The molecule has 0 aliphatic heterocycles. The first-order valence-electron chi connectivity index (χ1n) is 5.96. The Morgan fingerprint density at radius 2 is 2.06 bits per heavy atom. The summed E-state index contributed by atoms with van der Waals surface area (Å²) in [6.07, 6.45) is 3.15. The van der Waals surface area contributed by atoms with E-state index in [1.54, 1.807) is 7.05 Å². The summed E-state index contributed by atoms with van der Waals surface area (Å²) in [5.41, 5.74) is -0.0746. The topological polar surface area (TPSA) is 84.2 Å². The number of nitrogens with zero attached hydrogens (tertiary/aromatic N) is 4. The van der Waals surface area contributed by atoms with Crippen molar-refractivity contribution in [3.8, 4) is 0 Å². The number of aromatic nitrogens is 2. The summed E-state index contributed by atoms with van der Waals surface area (Å²) in [7, 11) is 3.43. The molecule has 0 aliphatic carbocycles. The van der Waals surface area contributed by atoms with Gasteiger partial charge in [0.15, 0.2) is 0 Å². The van der Waals surface area contributed by atoms with Crippen molar-refractivity contribution in [2.45, 2.75) is 32.7 Å². The van der Waals surface area contributed by atoms with E-state index in [0.29, 0.717) is 5.82 Å². The van der Waals surface area contributed by atoms with Crippen LogP contribution in [0.2, 0.25) is 0 Å². The molecule has 0 unspecified atom stereocenters. The van der Waals surface area contributed by atoms with Crippen LogP contribution in [0, 0.1) is 10.1 Å². The molecular formula is C11H19N5O2. The van der Waals surface area contributed by atoms with E-state index in [0.717, 1.165) is 12.8 Å². The zero-order chi connectivity index (χ0) is 13.7. The van der Waals surface area contributed by atoms with E-state index in [9.17, 15) is 10.1 Å². The minimum Gasteiger partial charge on any atom is -0.367 e. The van der Waals surface area contributed by atoms with E-state index < -0.39 is 4.92 Å². The maximum Gasteiger partial charge on any atom is 0.353 e. The van der Waals surface area contributed by atoms with E-state index in [1.807, 2.05) is 11.9 Å². The van der Waals surface area contributed by atoms with Crippen molar-refractivity contribution in [2.75, 3.05) is 24.3 Å². The standard InChI is InChI=1S/C11H19N5O2/c1-5-8(6-2)15(4)11-9(16(17)18)10(12-3)13-7-14-11/h7-8H,5-6H2,1-4H3,(H,12,13,14). The van der Waals surface area contributed by atoms with E-state index in [1.165, 1.54) is 6.33 Å². The van der Waals surface area contributed by atoms with Crippen molar-refractivity contribution in [3.63, 3.8) is 0 Å². The Balaban J connectivity index is 3.26. The third-order valence-electron chi connectivity index (χ3n) is 3.05. The summed E-state index contributed by atoms with van der Waals surface area (Å²) in [5, 5.41) is 13.9. The summed E-state index contributed by atoms with van der Waals surface area (Å²) in [6, 6.07) is 0.225. The van der Waals surface area contributed by atoms with E-state index in [2.05, 4.69) is 29.1 Å². The van der Waals surface area contributed by atoms with Crippen LogP contribution in [-0.4, -0.2) is 35.0 Å². The van der Waals surface area contributed by atoms with Gasteiger partial charge in [0.1, 0.15) is 6.33 Å². The molecule has 0 fully saturated rings. The second kappa shape index (κ2) is 6.13. The number of rotatable bonds is 6. The second-order valence-electron chi connectivity index (χ2n) is 3.98. The Bertz CT molecular complexity index is 420. The first-order valence-corrected chi connectivity index (χ1v) is 5.96. The lowest BCUT2D eigenvalue weighted by Gasteiger charge is -2.26. The highest BCUT2D eigenvalue weighted by Crippen LogP contribution is 2.32. The fourth-order valence-electron chi connectivity index (χ4n) is 1.99. The van der Waals surface area contributed by atoms with Crippen LogP contribution in [0.5, 0.6) is 0 Å². The average Bonchev–Trinajstić information content (AvgIpc) is 2.38. The van der Waals surface area contributed by atoms with Gasteiger partial charge in [0.05, 0.1) is 4.92 Å². The smallest absolute Gasteiger partial charge is 0.353 e. The summed E-state index contributed by atoms with van der Waals surface area (Å²) < 4.78 is 0. The van der Waals surface area contributed by atoms with Crippen LogP contribution in [0.3, 0.4) is 0 Å². The molecule has 0 radical (unpaired) electrons. The SMILES string of the molecule is CCC(CC)N(C)c1ncnc(NC)c1[N+](=O)[O-]. The fourth-order valence-corrected chi connectivity index (χ4v) is 1.99. The van der Waals surface area contributed by atoms with Gasteiger partial charge in [-0.3, -0.25) is 10.1 Å². The normalized spacial score (nSPS) is 10.5. The van der Waals surface area contributed by atoms with Crippen LogP contribution in [-0.2, 0) is 0 Å². The van der Waals surface area contributed by atoms with Gasteiger partial charge in [0, 0.05) is 20.1 Å². The highest BCUT2D eigenvalue weighted by atomic mass is 16.6. The number of nitrogens with one attached hydrogen (secondary N) is 1. The van der Waals surface area contributed by atoms with Gasteiger partial charge in [0.25, 0.3) is 0 Å². The molecule has 1 N–H and O–H groups in total. The van der Waals surface area contributed by atoms with Crippen molar-refractivity contribution >= 4 is 17.3 Å². The van der Waals surface area contributed by atoms with Crippen LogP contribution < -0.4 is 10.2 Å². The Labute approximate surface area is 106 Å². The first-order chi connectivity index (χ1) is 8.56. The van der Waals surface area contributed by atoms with Gasteiger partial charge in [-0.25, -0.2) is 9.97 Å². The molecule has 0 spiro atoms. The van der Waals surface area contributed by atoms with Gasteiger partial charge in [-0.1, -0.05) is 13.8 Å². The van der Waals surface area contributed by atoms with Crippen LogP contribution in [0.4, 0.5) is 17.3 Å². The van der Waals surface area contributed by atoms with Crippen LogP contribution in [0.25, 0.3) is 0 Å². The molecule has 0 atom stereocenters. The Morgan fingerprint density at radius 1 is 1.44 bits per heavy atom. The van der Waals surface area contributed by atoms with Gasteiger partial charge in [-0.15, -0.1) is 0 Å². The molecule has 7 nitrogen and oxygen atoms in total. The third kappa shape index (κ3) is 2.66. The van der Waals surface area contributed by atoms with Crippen molar-refractivity contribution < 1.29 is 4.92 Å². The lowest BCUT2D eigenvalue weighted by atomic mass is 10.1. The lowest BCUT2D eigenvalue weighted by molar-refractivity contribution is -0.383. The summed E-state index contributed by atoms with van der Waals surface area (Å²) in [4.78, 5) is 20.5. The van der Waals surface area contributed by atoms with Crippen molar-refractivity contribution in [1.82, 2.24) is 9.97 Å². The van der Waals surface area contributed by atoms with Crippen LogP contribution >= 0.6 is 0 Å². The molecule has 0 aromatic carbocycles. The zero-order valence-corrected chi connectivity index (χ0v) is 11.2. The van der Waals surface area contributed by atoms with Gasteiger partial charge in [-0.2, -0.15) is 0 Å². The molecule has 0 saturated carbocycles. The summed E-state index contributed by atoms with van der Waals surface area (Å²) in [5.74, 6) is 0.593. The average molecular weight is 253 g/mol. The maximum atomic E-state index is 11.2. The van der Waals surface area contributed by atoms with Gasteiger partial charge < -0.3 is 10.2 Å². The molecule has 1 rings (SSSR count). The molecule has 0 saturated heterocycles. The molecule has 0 bridgehead atoms. The van der Waals surface area contributed by atoms with Crippen LogP contribution in [0.1, 0.15) is 26.7 Å². The van der Waals surface area contributed by atoms with E-state index in [-0.39, 0.29) is 17.5 Å². The van der Waals surface area contributed by atoms with E-state index in [4.69, 9.17) is 0 Å². The molecule has 0 aliphatic rings. The zero-order valence-electron chi connectivity index (χ0n) is 11.2. The fraction of sp³-hybridized carbons (Fsp3) is 0.636. The van der Waals surface area contributed by atoms with Gasteiger partial charge >= 0.3 is 5.69 Å². The first kappa shape index (κ1) is 14.1. The Kier molecular flexibility index (Phi) is 4.82. The van der Waals surface area contributed by atoms with E-state index >= 15 is 0 Å². The summed E-state index contributed by atoms with van der Waals surface area (Å²) in [6.45, 7) is 4.10. The third-order valence-corrected chi connectivity index (χ3v) is 3.05. The van der Waals surface area contributed by atoms with Gasteiger partial charge in [-0.05, 0) is 12.8 Å². The van der Waals surface area contributed by atoms with Gasteiger partial charge in [0.2, 0.25) is 11.6 Å². The van der Waals surface area contributed by atoms with Crippen molar-refractivity contribution in [1.29, 1.82) is 0 Å². The number of hydrogen-bond acceptors (Lipinski definition) is 6. The molecule has 100 valence electrons.